The molecule has 0 radical (unpaired) electrons. The van der Waals surface area contributed by atoms with Gasteiger partial charge in [0.15, 0.2) is 0 Å². The van der Waals surface area contributed by atoms with Crippen molar-refractivity contribution in [2.24, 2.45) is 5.92 Å². The van der Waals surface area contributed by atoms with Crippen molar-refractivity contribution in [1.29, 1.82) is 0 Å². The predicted octanol–water partition coefficient (Wildman–Crippen LogP) is 0.998. The van der Waals surface area contributed by atoms with Crippen molar-refractivity contribution < 1.29 is 14.7 Å². The number of carbonyl (C=O) groups excluding carboxylic acids is 2. The molecule has 2 N–H and O–H groups in total. The Morgan fingerprint density at radius 3 is 2.52 bits per heavy atom. The lowest BCUT2D eigenvalue weighted by Crippen LogP contribution is -2.44. The number of hydrogen-bond acceptors (Lipinski definition) is 4. The lowest BCUT2D eigenvalue weighted by atomic mass is 9.78. The summed E-state index contributed by atoms with van der Waals surface area (Å²) in [5.41, 5.74) is -0.743. The molecule has 2 unspecified atom stereocenters. The van der Waals surface area contributed by atoms with E-state index in [1.54, 1.807) is 18.2 Å². The Hall–Kier alpha value is -1.46. The second-order valence-corrected chi connectivity index (χ2v) is 5.82. The number of amides is 1. The molecule has 1 heterocycles. The summed E-state index contributed by atoms with van der Waals surface area (Å²) in [5.74, 6) is -1.92. The van der Waals surface area contributed by atoms with Gasteiger partial charge in [-0.3, -0.25) is 9.59 Å². The van der Waals surface area contributed by atoms with Crippen LogP contribution in [0.1, 0.15) is 33.1 Å². The van der Waals surface area contributed by atoms with Crippen molar-refractivity contribution in [3.63, 3.8) is 0 Å². The molecule has 116 valence electrons. The molecule has 1 aliphatic heterocycles. The molecule has 1 fully saturated rings. The molecule has 5 nitrogen and oxygen atoms in total. The molecule has 1 aliphatic carbocycles. The number of aliphatic hydroxyl groups is 1. The van der Waals surface area contributed by atoms with Gasteiger partial charge in [-0.05, 0) is 38.4 Å². The van der Waals surface area contributed by atoms with Crippen LogP contribution in [0.25, 0.3) is 0 Å². The minimum atomic E-state index is -1.26. The highest BCUT2D eigenvalue weighted by atomic mass is 16.3. The van der Waals surface area contributed by atoms with Crippen LogP contribution in [0.15, 0.2) is 23.9 Å². The van der Waals surface area contributed by atoms with E-state index < -0.39 is 23.2 Å². The molecule has 2 aliphatic rings. The van der Waals surface area contributed by atoms with Crippen molar-refractivity contribution in [1.82, 2.24) is 10.2 Å². The highest BCUT2D eigenvalue weighted by Gasteiger charge is 2.50. The number of hydrogen-bond donors (Lipinski definition) is 2. The van der Waals surface area contributed by atoms with Crippen LogP contribution in [0.4, 0.5) is 0 Å². The molecule has 2 atom stereocenters. The Labute approximate surface area is 125 Å². The summed E-state index contributed by atoms with van der Waals surface area (Å²) in [6, 6.07) is 0. The summed E-state index contributed by atoms with van der Waals surface area (Å²) < 4.78 is 0. The number of nitrogens with zero attached hydrogens (tertiary/aromatic N) is 1. The molecule has 0 bridgehead atoms. The van der Waals surface area contributed by atoms with Crippen molar-refractivity contribution in [2.45, 2.75) is 38.7 Å². The van der Waals surface area contributed by atoms with E-state index in [2.05, 4.69) is 24.1 Å². The summed E-state index contributed by atoms with van der Waals surface area (Å²) in [6.07, 6.45) is 7.62. The summed E-state index contributed by atoms with van der Waals surface area (Å²) in [5, 5.41) is 13.4. The SMILES string of the molecule is CCCN(CCC)CCC1(O)C=CC=C2NC(=O)C(=O)C21. The second kappa shape index (κ2) is 6.54. The molecule has 2 rings (SSSR count). The first kappa shape index (κ1) is 15.9. The van der Waals surface area contributed by atoms with Crippen LogP contribution in [0.2, 0.25) is 0 Å². The van der Waals surface area contributed by atoms with Gasteiger partial charge in [-0.15, -0.1) is 0 Å². The fourth-order valence-corrected chi connectivity index (χ4v) is 3.12. The molecule has 21 heavy (non-hydrogen) atoms. The zero-order valence-corrected chi connectivity index (χ0v) is 12.8. The van der Waals surface area contributed by atoms with Gasteiger partial charge in [-0.1, -0.05) is 26.0 Å². The number of allylic oxidation sites excluding steroid dienone is 2. The van der Waals surface area contributed by atoms with Gasteiger partial charge in [0.05, 0.1) is 5.92 Å². The van der Waals surface area contributed by atoms with E-state index in [9.17, 15) is 14.7 Å². The van der Waals surface area contributed by atoms with Crippen LogP contribution in [-0.4, -0.2) is 46.9 Å². The maximum atomic E-state index is 12.0. The average molecular weight is 292 g/mol. The molecular formula is C16H24N2O3. The van der Waals surface area contributed by atoms with Gasteiger partial charge in [0.25, 0.3) is 5.91 Å². The lowest BCUT2D eigenvalue weighted by molar-refractivity contribution is -0.139. The van der Waals surface area contributed by atoms with Crippen LogP contribution in [0, 0.1) is 5.92 Å². The van der Waals surface area contributed by atoms with Crippen molar-refractivity contribution >= 4 is 11.7 Å². The number of rotatable bonds is 7. The zero-order chi connectivity index (χ0) is 15.5. The summed E-state index contributed by atoms with van der Waals surface area (Å²) in [4.78, 5) is 25.8. The number of fused-ring (bicyclic) bond motifs is 1. The molecule has 0 aromatic heterocycles. The van der Waals surface area contributed by atoms with Gasteiger partial charge in [0, 0.05) is 12.2 Å². The smallest absolute Gasteiger partial charge is 0.292 e. The fraction of sp³-hybridized carbons (Fsp3) is 0.625. The molecule has 5 heteroatoms. The van der Waals surface area contributed by atoms with E-state index in [-0.39, 0.29) is 0 Å². The van der Waals surface area contributed by atoms with Gasteiger partial charge in [-0.2, -0.15) is 0 Å². The van der Waals surface area contributed by atoms with Crippen LogP contribution in [0.3, 0.4) is 0 Å². The van der Waals surface area contributed by atoms with E-state index in [0.29, 0.717) is 18.7 Å². The third-order valence-corrected chi connectivity index (χ3v) is 4.12. The van der Waals surface area contributed by atoms with Gasteiger partial charge in [0.2, 0.25) is 5.78 Å². The van der Waals surface area contributed by atoms with Crippen molar-refractivity contribution in [3.8, 4) is 0 Å². The first-order valence-corrected chi connectivity index (χ1v) is 7.71. The number of carbonyl (C=O) groups is 2. The zero-order valence-electron chi connectivity index (χ0n) is 12.8. The molecular weight excluding hydrogens is 268 g/mol. The van der Waals surface area contributed by atoms with Gasteiger partial charge in [-0.25, -0.2) is 0 Å². The molecule has 1 amide bonds. The van der Waals surface area contributed by atoms with Crippen LogP contribution in [0.5, 0.6) is 0 Å². The van der Waals surface area contributed by atoms with E-state index in [0.717, 1.165) is 25.9 Å². The van der Waals surface area contributed by atoms with Crippen LogP contribution in [-0.2, 0) is 9.59 Å². The van der Waals surface area contributed by atoms with Gasteiger partial charge in [0.1, 0.15) is 5.60 Å². The molecule has 0 saturated carbocycles. The Bertz CT molecular complexity index is 478. The van der Waals surface area contributed by atoms with Crippen LogP contribution < -0.4 is 5.32 Å². The fourth-order valence-electron chi connectivity index (χ4n) is 3.12. The summed E-state index contributed by atoms with van der Waals surface area (Å²) in [7, 11) is 0. The first-order valence-electron chi connectivity index (χ1n) is 7.71. The number of nitrogens with one attached hydrogen (secondary N) is 1. The third kappa shape index (κ3) is 3.24. The quantitative estimate of drug-likeness (QED) is 0.687. The number of ketones is 1. The van der Waals surface area contributed by atoms with Gasteiger partial charge >= 0.3 is 0 Å². The third-order valence-electron chi connectivity index (χ3n) is 4.12. The Balaban J connectivity index is 2.07. The summed E-state index contributed by atoms with van der Waals surface area (Å²) >= 11 is 0. The Kier molecular flexibility index (Phi) is 4.96. The molecule has 0 spiro atoms. The monoisotopic (exact) mass is 292 g/mol. The lowest BCUT2D eigenvalue weighted by Gasteiger charge is -2.34. The standard InChI is InChI=1S/C16H24N2O3/c1-3-9-18(10-4-2)11-8-16(21)7-5-6-12-13(16)14(19)15(20)17-12/h5-7,13,21H,3-4,8-11H2,1-2H3,(H,17,20). The van der Waals surface area contributed by atoms with E-state index in [4.69, 9.17) is 0 Å². The van der Waals surface area contributed by atoms with Crippen molar-refractivity contribution in [3.05, 3.63) is 23.9 Å². The first-order chi connectivity index (χ1) is 10.0. The average Bonchev–Trinajstić information content (AvgIpc) is 2.74. The Morgan fingerprint density at radius 1 is 1.24 bits per heavy atom. The maximum Gasteiger partial charge on any atom is 0.292 e. The number of Topliss-reactive ketones (excluding diaryl/α,β-unsaturated/α-hetero) is 1. The van der Waals surface area contributed by atoms with E-state index >= 15 is 0 Å². The molecule has 1 saturated heterocycles. The minimum Gasteiger partial charge on any atom is -0.385 e. The summed E-state index contributed by atoms with van der Waals surface area (Å²) in [6.45, 7) is 6.93. The highest BCUT2D eigenvalue weighted by molar-refractivity contribution is 6.41. The van der Waals surface area contributed by atoms with E-state index in [1.807, 2.05) is 0 Å². The predicted molar refractivity (Wildman–Crippen MR) is 80.5 cm³/mol. The second-order valence-electron chi connectivity index (χ2n) is 5.82. The molecule has 0 aromatic rings. The minimum absolute atomic E-state index is 0.451. The van der Waals surface area contributed by atoms with Crippen molar-refractivity contribution in [2.75, 3.05) is 19.6 Å². The highest BCUT2D eigenvalue weighted by Crippen LogP contribution is 2.35. The topological polar surface area (TPSA) is 69.6 Å². The van der Waals surface area contributed by atoms with Gasteiger partial charge < -0.3 is 15.3 Å². The molecule has 0 aromatic carbocycles. The normalized spacial score (nSPS) is 27.8. The maximum absolute atomic E-state index is 12.0. The van der Waals surface area contributed by atoms with E-state index in [1.165, 1.54) is 0 Å². The largest absolute Gasteiger partial charge is 0.385 e. The Morgan fingerprint density at radius 2 is 1.90 bits per heavy atom. The van der Waals surface area contributed by atoms with Crippen LogP contribution >= 0.6 is 0 Å².